The lowest BCUT2D eigenvalue weighted by atomic mass is 10.1. The van der Waals surface area contributed by atoms with E-state index in [-0.39, 0.29) is 24.0 Å². The van der Waals surface area contributed by atoms with E-state index >= 15 is 0 Å². The van der Waals surface area contributed by atoms with Gasteiger partial charge in [0.15, 0.2) is 5.76 Å². The molecule has 0 atom stereocenters. The molecule has 0 aliphatic carbocycles. The van der Waals surface area contributed by atoms with Crippen LogP contribution in [0.2, 0.25) is 0 Å². The van der Waals surface area contributed by atoms with E-state index in [4.69, 9.17) is 4.42 Å². The van der Waals surface area contributed by atoms with E-state index in [0.717, 1.165) is 22.7 Å². The maximum absolute atomic E-state index is 12.5. The molecule has 2 aromatic carbocycles. The summed E-state index contributed by atoms with van der Waals surface area (Å²) in [7, 11) is 0. The zero-order valence-corrected chi connectivity index (χ0v) is 17.7. The molecule has 0 saturated heterocycles. The van der Waals surface area contributed by atoms with Crippen molar-refractivity contribution in [2.75, 3.05) is 10.6 Å². The summed E-state index contributed by atoms with van der Waals surface area (Å²) in [5, 5.41) is 8.40. The SMILES string of the molecule is CCc1ccc(-c2nc(CC(=O)Nc3cccc(NC(=O)c4ccco4)c3)cs2)cc1. The molecule has 2 amide bonds. The molecular formula is C24H21N3O3S. The summed E-state index contributed by atoms with van der Waals surface area (Å²) in [5.41, 5.74) is 4.20. The van der Waals surface area contributed by atoms with Gasteiger partial charge in [-0.1, -0.05) is 37.3 Å². The molecule has 2 N–H and O–H groups in total. The monoisotopic (exact) mass is 431 g/mol. The first-order valence-electron chi connectivity index (χ1n) is 9.89. The molecule has 0 unspecified atom stereocenters. The van der Waals surface area contributed by atoms with Gasteiger partial charge >= 0.3 is 0 Å². The quantitative estimate of drug-likeness (QED) is 0.410. The molecule has 31 heavy (non-hydrogen) atoms. The number of carbonyl (C=O) groups is 2. The summed E-state index contributed by atoms with van der Waals surface area (Å²) in [5.74, 6) is -0.304. The third-order valence-electron chi connectivity index (χ3n) is 4.65. The highest BCUT2D eigenvalue weighted by Gasteiger charge is 2.11. The Balaban J connectivity index is 1.36. The first-order chi connectivity index (χ1) is 15.1. The molecule has 0 aliphatic rings. The molecule has 0 aliphatic heterocycles. The molecule has 7 heteroatoms. The van der Waals surface area contributed by atoms with E-state index < -0.39 is 0 Å². The Labute approximate surface area is 184 Å². The molecular weight excluding hydrogens is 410 g/mol. The van der Waals surface area contributed by atoms with Gasteiger partial charge in [-0.25, -0.2) is 4.98 Å². The van der Waals surface area contributed by atoms with Gasteiger partial charge in [0.25, 0.3) is 5.91 Å². The number of hydrogen-bond donors (Lipinski definition) is 2. The first-order valence-corrected chi connectivity index (χ1v) is 10.8. The van der Waals surface area contributed by atoms with Crippen LogP contribution < -0.4 is 10.6 Å². The molecule has 0 fully saturated rings. The fraction of sp³-hybridized carbons (Fsp3) is 0.125. The topological polar surface area (TPSA) is 84.2 Å². The lowest BCUT2D eigenvalue weighted by molar-refractivity contribution is -0.115. The number of thiazole rings is 1. The van der Waals surface area contributed by atoms with E-state index in [1.807, 2.05) is 5.38 Å². The summed E-state index contributed by atoms with van der Waals surface area (Å²) in [4.78, 5) is 29.2. The summed E-state index contributed by atoms with van der Waals surface area (Å²) >= 11 is 1.52. The Hall–Kier alpha value is -3.71. The fourth-order valence-corrected chi connectivity index (χ4v) is 3.87. The number of amides is 2. The van der Waals surface area contributed by atoms with Crippen LogP contribution >= 0.6 is 11.3 Å². The Bertz CT molecular complexity index is 1180. The van der Waals surface area contributed by atoms with Gasteiger partial charge in [0, 0.05) is 22.3 Å². The third kappa shape index (κ3) is 5.26. The standard InChI is InChI=1S/C24H21N3O3S/c1-2-16-8-10-17(11-9-16)24-27-20(15-31-24)14-22(28)25-18-5-3-6-19(13-18)26-23(29)21-7-4-12-30-21/h3-13,15H,2,14H2,1H3,(H,25,28)(H,26,29). The number of rotatable bonds is 7. The summed E-state index contributed by atoms with van der Waals surface area (Å²) in [6.07, 6.45) is 2.61. The lowest BCUT2D eigenvalue weighted by Gasteiger charge is -2.08. The number of benzene rings is 2. The Morgan fingerprint density at radius 1 is 1.00 bits per heavy atom. The van der Waals surface area contributed by atoms with Crippen LogP contribution in [0.15, 0.2) is 76.7 Å². The average molecular weight is 432 g/mol. The molecule has 156 valence electrons. The number of anilines is 2. The molecule has 0 radical (unpaired) electrons. The van der Waals surface area contributed by atoms with E-state index in [1.165, 1.54) is 23.2 Å². The van der Waals surface area contributed by atoms with Crippen molar-refractivity contribution < 1.29 is 14.0 Å². The second-order valence-corrected chi connectivity index (χ2v) is 7.79. The third-order valence-corrected chi connectivity index (χ3v) is 5.59. The number of furan rings is 1. The van der Waals surface area contributed by atoms with Crippen molar-refractivity contribution in [3.05, 3.63) is 89.3 Å². The van der Waals surface area contributed by atoms with Gasteiger partial charge in [-0.15, -0.1) is 11.3 Å². The number of hydrogen-bond acceptors (Lipinski definition) is 5. The van der Waals surface area contributed by atoms with Crippen LogP contribution in [0, 0.1) is 0 Å². The van der Waals surface area contributed by atoms with E-state index in [0.29, 0.717) is 11.4 Å². The zero-order valence-electron chi connectivity index (χ0n) is 16.9. The van der Waals surface area contributed by atoms with Crippen molar-refractivity contribution >= 4 is 34.5 Å². The minimum atomic E-state index is -0.351. The zero-order chi connectivity index (χ0) is 21.6. The van der Waals surface area contributed by atoms with Gasteiger partial charge in [-0.3, -0.25) is 9.59 Å². The minimum absolute atomic E-state index is 0.173. The summed E-state index contributed by atoms with van der Waals surface area (Å²) in [6, 6.07) is 18.5. The van der Waals surface area contributed by atoms with Gasteiger partial charge in [0.2, 0.25) is 5.91 Å². The second kappa shape index (κ2) is 9.40. The number of aryl methyl sites for hydroxylation is 1. The van der Waals surface area contributed by atoms with E-state index in [9.17, 15) is 9.59 Å². The predicted molar refractivity (Wildman–Crippen MR) is 122 cm³/mol. The largest absolute Gasteiger partial charge is 0.459 e. The van der Waals surface area contributed by atoms with Crippen LogP contribution in [0.5, 0.6) is 0 Å². The van der Waals surface area contributed by atoms with Crippen LogP contribution in [-0.2, 0) is 17.6 Å². The smallest absolute Gasteiger partial charge is 0.291 e. The van der Waals surface area contributed by atoms with Gasteiger partial charge in [-0.2, -0.15) is 0 Å². The number of nitrogens with zero attached hydrogens (tertiary/aromatic N) is 1. The Morgan fingerprint density at radius 2 is 1.77 bits per heavy atom. The highest BCUT2D eigenvalue weighted by atomic mass is 32.1. The van der Waals surface area contributed by atoms with E-state index in [2.05, 4.69) is 46.8 Å². The van der Waals surface area contributed by atoms with Gasteiger partial charge in [0.1, 0.15) is 5.01 Å². The normalized spacial score (nSPS) is 10.6. The maximum atomic E-state index is 12.5. The van der Waals surface area contributed by atoms with Crippen molar-refractivity contribution in [3.8, 4) is 10.6 Å². The molecule has 4 rings (SSSR count). The molecule has 4 aromatic rings. The van der Waals surface area contributed by atoms with Crippen molar-refractivity contribution in [2.45, 2.75) is 19.8 Å². The molecule has 6 nitrogen and oxygen atoms in total. The minimum Gasteiger partial charge on any atom is -0.459 e. The van der Waals surface area contributed by atoms with Gasteiger partial charge < -0.3 is 15.1 Å². The summed E-state index contributed by atoms with van der Waals surface area (Å²) < 4.78 is 5.09. The number of nitrogens with one attached hydrogen (secondary N) is 2. The second-order valence-electron chi connectivity index (χ2n) is 6.93. The van der Waals surface area contributed by atoms with Crippen molar-refractivity contribution in [2.24, 2.45) is 0 Å². The highest BCUT2D eigenvalue weighted by molar-refractivity contribution is 7.13. The Kier molecular flexibility index (Phi) is 6.24. The lowest BCUT2D eigenvalue weighted by Crippen LogP contribution is -2.15. The van der Waals surface area contributed by atoms with Gasteiger partial charge in [-0.05, 0) is 42.3 Å². The van der Waals surface area contributed by atoms with Crippen LogP contribution in [0.3, 0.4) is 0 Å². The first kappa shape index (κ1) is 20.6. The molecule has 2 heterocycles. The van der Waals surface area contributed by atoms with Crippen LogP contribution in [0.1, 0.15) is 28.7 Å². The van der Waals surface area contributed by atoms with Crippen LogP contribution in [0.25, 0.3) is 10.6 Å². The van der Waals surface area contributed by atoms with Crippen molar-refractivity contribution in [1.29, 1.82) is 0 Å². The predicted octanol–water partition coefficient (Wildman–Crippen LogP) is 5.40. The van der Waals surface area contributed by atoms with Crippen molar-refractivity contribution in [1.82, 2.24) is 4.98 Å². The number of aromatic nitrogens is 1. The van der Waals surface area contributed by atoms with Gasteiger partial charge in [0.05, 0.1) is 18.4 Å². The highest BCUT2D eigenvalue weighted by Crippen LogP contribution is 2.25. The maximum Gasteiger partial charge on any atom is 0.291 e. The van der Waals surface area contributed by atoms with Crippen LogP contribution in [-0.4, -0.2) is 16.8 Å². The number of carbonyl (C=O) groups excluding carboxylic acids is 2. The van der Waals surface area contributed by atoms with Crippen molar-refractivity contribution in [3.63, 3.8) is 0 Å². The molecule has 2 aromatic heterocycles. The summed E-state index contributed by atoms with van der Waals surface area (Å²) in [6.45, 7) is 2.12. The average Bonchev–Trinajstić information content (AvgIpc) is 3.46. The van der Waals surface area contributed by atoms with Crippen LogP contribution in [0.4, 0.5) is 11.4 Å². The Morgan fingerprint density at radius 3 is 2.48 bits per heavy atom. The molecule has 0 spiro atoms. The molecule has 0 saturated carbocycles. The fourth-order valence-electron chi connectivity index (χ4n) is 3.05. The molecule has 0 bridgehead atoms. The van der Waals surface area contributed by atoms with E-state index in [1.54, 1.807) is 36.4 Å².